The molecule has 1 amide bonds. The minimum atomic E-state index is -0.374. The zero-order valence-corrected chi connectivity index (χ0v) is 18.8. The van der Waals surface area contributed by atoms with Gasteiger partial charge in [0, 0.05) is 23.0 Å². The van der Waals surface area contributed by atoms with Crippen molar-refractivity contribution in [2.75, 3.05) is 11.5 Å². The average Bonchev–Trinajstić information content (AvgIpc) is 3.20. The minimum Gasteiger partial charge on any atom is -0.489 e. The fourth-order valence-electron chi connectivity index (χ4n) is 4.39. The maximum atomic E-state index is 13.1. The van der Waals surface area contributed by atoms with Crippen molar-refractivity contribution >= 4 is 29.2 Å². The van der Waals surface area contributed by atoms with Crippen molar-refractivity contribution in [3.05, 3.63) is 106 Å². The van der Waals surface area contributed by atoms with Gasteiger partial charge in [-0.25, -0.2) is 4.79 Å². The number of carbonyl (C=O) groups excluding carboxylic acids is 2. The number of hydrogen-bond acceptors (Lipinski definition) is 4. The summed E-state index contributed by atoms with van der Waals surface area (Å²) >= 11 is 6.00. The molecular formula is C27H22ClNO4. The molecule has 5 nitrogen and oxygen atoms in total. The minimum absolute atomic E-state index is 0.0801. The van der Waals surface area contributed by atoms with Gasteiger partial charge in [0.05, 0.1) is 11.3 Å². The van der Waals surface area contributed by atoms with E-state index in [1.165, 1.54) is 5.56 Å². The van der Waals surface area contributed by atoms with E-state index in [2.05, 4.69) is 19.1 Å². The third-order valence-electron chi connectivity index (χ3n) is 5.97. The second kappa shape index (κ2) is 8.75. The molecule has 0 spiro atoms. The maximum Gasteiger partial charge on any atom is 0.336 e. The standard InChI is InChI=1S/C27H22ClNO4/c1-17-3-2-4-18(13-17)15-32-22-11-5-19(6-12-22)23-14-25(30)29(21-9-7-20(28)8-10-21)24-16-33-27(31)26(23)24/h2-13,23H,14-16H2,1H3. The number of aryl methyl sites for hydroxylation is 1. The number of benzene rings is 3. The van der Waals surface area contributed by atoms with Gasteiger partial charge in [-0.3, -0.25) is 9.69 Å². The first-order chi connectivity index (χ1) is 16.0. The first-order valence-electron chi connectivity index (χ1n) is 10.8. The Morgan fingerprint density at radius 2 is 1.79 bits per heavy atom. The van der Waals surface area contributed by atoms with Crippen LogP contribution in [0.15, 0.2) is 84.1 Å². The zero-order valence-electron chi connectivity index (χ0n) is 18.1. The van der Waals surface area contributed by atoms with Crippen molar-refractivity contribution in [2.24, 2.45) is 0 Å². The second-order valence-corrected chi connectivity index (χ2v) is 8.68. The molecule has 2 aliphatic heterocycles. The molecular weight excluding hydrogens is 438 g/mol. The number of halogens is 1. The van der Waals surface area contributed by atoms with Crippen LogP contribution in [0.4, 0.5) is 5.69 Å². The predicted molar refractivity (Wildman–Crippen MR) is 126 cm³/mol. The highest BCUT2D eigenvalue weighted by Gasteiger charge is 2.42. The Kier molecular flexibility index (Phi) is 5.65. The van der Waals surface area contributed by atoms with E-state index in [1.54, 1.807) is 29.2 Å². The van der Waals surface area contributed by atoms with E-state index >= 15 is 0 Å². The van der Waals surface area contributed by atoms with E-state index in [0.29, 0.717) is 28.6 Å². The van der Waals surface area contributed by atoms with Crippen LogP contribution in [0, 0.1) is 6.92 Å². The molecule has 1 atom stereocenters. The number of anilines is 1. The predicted octanol–water partition coefficient (Wildman–Crippen LogP) is 5.56. The highest BCUT2D eigenvalue weighted by Crippen LogP contribution is 2.42. The van der Waals surface area contributed by atoms with Gasteiger partial charge in [-0.1, -0.05) is 53.6 Å². The monoisotopic (exact) mass is 459 g/mol. The summed E-state index contributed by atoms with van der Waals surface area (Å²) in [6.45, 7) is 2.60. The molecule has 0 N–H and O–H groups in total. The van der Waals surface area contributed by atoms with Gasteiger partial charge in [-0.15, -0.1) is 0 Å². The fourth-order valence-corrected chi connectivity index (χ4v) is 4.52. The molecule has 6 heteroatoms. The largest absolute Gasteiger partial charge is 0.489 e. The van der Waals surface area contributed by atoms with Crippen molar-refractivity contribution in [1.82, 2.24) is 0 Å². The van der Waals surface area contributed by atoms with Crippen LogP contribution in [0.2, 0.25) is 5.02 Å². The molecule has 33 heavy (non-hydrogen) atoms. The van der Waals surface area contributed by atoms with Crippen molar-refractivity contribution in [3.63, 3.8) is 0 Å². The number of rotatable bonds is 5. The lowest BCUT2D eigenvalue weighted by molar-refractivity contribution is -0.136. The molecule has 0 saturated heterocycles. The summed E-state index contributed by atoms with van der Waals surface area (Å²) in [4.78, 5) is 27.3. The van der Waals surface area contributed by atoms with Gasteiger partial charge in [-0.05, 0) is 54.4 Å². The summed E-state index contributed by atoms with van der Waals surface area (Å²) in [5, 5.41) is 0.582. The molecule has 166 valence electrons. The normalized spacial score (nSPS) is 17.8. The van der Waals surface area contributed by atoms with Gasteiger partial charge in [0.2, 0.25) is 5.91 Å². The van der Waals surface area contributed by atoms with E-state index in [0.717, 1.165) is 16.9 Å². The van der Waals surface area contributed by atoms with Crippen molar-refractivity contribution in [3.8, 4) is 5.75 Å². The molecule has 0 bridgehead atoms. The molecule has 3 aromatic carbocycles. The summed E-state index contributed by atoms with van der Waals surface area (Å²) in [5.41, 5.74) is 4.99. The van der Waals surface area contributed by atoms with Crippen LogP contribution in [0.1, 0.15) is 29.0 Å². The summed E-state index contributed by atoms with van der Waals surface area (Å²) in [6, 6.07) is 22.8. The second-order valence-electron chi connectivity index (χ2n) is 8.25. The first kappa shape index (κ1) is 21.3. The van der Waals surface area contributed by atoms with Crippen LogP contribution in [0.5, 0.6) is 5.75 Å². The molecule has 3 aromatic rings. The first-order valence-corrected chi connectivity index (χ1v) is 11.1. The van der Waals surface area contributed by atoms with E-state index in [1.807, 2.05) is 36.4 Å². The topological polar surface area (TPSA) is 55.8 Å². The molecule has 0 radical (unpaired) electrons. The Labute approximate surface area is 197 Å². The molecule has 0 aliphatic carbocycles. The smallest absolute Gasteiger partial charge is 0.336 e. The van der Waals surface area contributed by atoms with Crippen molar-refractivity contribution in [2.45, 2.75) is 25.9 Å². The molecule has 0 aromatic heterocycles. The average molecular weight is 460 g/mol. The Morgan fingerprint density at radius 1 is 1.03 bits per heavy atom. The number of ether oxygens (including phenoxy) is 2. The molecule has 2 aliphatic rings. The van der Waals surface area contributed by atoms with Gasteiger partial charge in [-0.2, -0.15) is 0 Å². The van der Waals surface area contributed by atoms with Gasteiger partial charge in [0.1, 0.15) is 19.0 Å². The zero-order chi connectivity index (χ0) is 22.9. The van der Waals surface area contributed by atoms with Gasteiger partial charge < -0.3 is 9.47 Å². The van der Waals surface area contributed by atoms with Gasteiger partial charge >= 0.3 is 5.97 Å². The summed E-state index contributed by atoms with van der Waals surface area (Å²) in [7, 11) is 0. The van der Waals surface area contributed by atoms with E-state index in [4.69, 9.17) is 21.1 Å². The van der Waals surface area contributed by atoms with Crippen molar-refractivity contribution in [1.29, 1.82) is 0 Å². The van der Waals surface area contributed by atoms with Gasteiger partial charge in [0.25, 0.3) is 0 Å². The molecule has 0 saturated carbocycles. The molecule has 2 heterocycles. The lowest BCUT2D eigenvalue weighted by Crippen LogP contribution is -2.37. The summed E-state index contributed by atoms with van der Waals surface area (Å²) in [5.74, 6) is -0.0781. The molecule has 5 rings (SSSR count). The summed E-state index contributed by atoms with van der Waals surface area (Å²) < 4.78 is 11.3. The van der Waals surface area contributed by atoms with Crippen LogP contribution in [0.3, 0.4) is 0 Å². The number of carbonyl (C=O) groups is 2. The Balaban J connectivity index is 1.39. The quantitative estimate of drug-likeness (QED) is 0.469. The number of nitrogens with zero attached hydrogens (tertiary/aromatic N) is 1. The number of amides is 1. The maximum absolute atomic E-state index is 13.1. The Bertz CT molecular complexity index is 1250. The number of cyclic esters (lactones) is 1. The van der Waals surface area contributed by atoms with Crippen LogP contribution in [-0.2, 0) is 20.9 Å². The fraction of sp³-hybridized carbons (Fsp3) is 0.185. The summed E-state index contributed by atoms with van der Waals surface area (Å²) in [6.07, 6.45) is 0.181. The third kappa shape index (κ3) is 4.24. The van der Waals surface area contributed by atoms with E-state index in [-0.39, 0.29) is 30.8 Å². The van der Waals surface area contributed by atoms with Gasteiger partial charge in [0.15, 0.2) is 0 Å². The number of hydrogen-bond donors (Lipinski definition) is 0. The molecule has 0 fully saturated rings. The molecule has 1 unspecified atom stereocenters. The van der Waals surface area contributed by atoms with E-state index in [9.17, 15) is 9.59 Å². The highest BCUT2D eigenvalue weighted by molar-refractivity contribution is 6.30. The van der Waals surface area contributed by atoms with Crippen LogP contribution >= 0.6 is 11.6 Å². The SMILES string of the molecule is Cc1cccc(COc2ccc(C3CC(=O)N(c4ccc(Cl)cc4)C4=C3C(=O)OC4)cc2)c1. The number of esters is 1. The highest BCUT2D eigenvalue weighted by atomic mass is 35.5. The lowest BCUT2D eigenvalue weighted by Gasteiger charge is -2.32. The Hall–Kier alpha value is -3.57. The van der Waals surface area contributed by atoms with Crippen molar-refractivity contribution < 1.29 is 19.1 Å². The lowest BCUT2D eigenvalue weighted by atomic mass is 9.84. The van der Waals surface area contributed by atoms with E-state index < -0.39 is 0 Å². The third-order valence-corrected chi connectivity index (χ3v) is 6.22. The van der Waals surface area contributed by atoms with Crippen LogP contribution in [0.25, 0.3) is 0 Å². The van der Waals surface area contributed by atoms with Crippen LogP contribution in [-0.4, -0.2) is 18.5 Å². The van der Waals surface area contributed by atoms with Crippen LogP contribution < -0.4 is 9.64 Å². The Morgan fingerprint density at radius 3 is 2.52 bits per heavy atom.